The van der Waals surface area contributed by atoms with Crippen LogP contribution in [0.15, 0.2) is 60.7 Å². The number of esters is 1. The van der Waals surface area contributed by atoms with Gasteiger partial charge < -0.3 is 14.8 Å². The quantitative estimate of drug-likeness (QED) is 0.833. The van der Waals surface area contributed by atoms with Crippen LogP contribution in [0.25, 0.3) is 0 Å². The molecular formula is C19H21NO3. The van der Waals surface area contributed by atoms with Crippen molar-refractivity contribution in [1.29, 1.82) is 0 Å². The summed E-state index contributed by atoms with van der Waals surface area (Å²) in [5.74, 6) is -0.209. The van der Waals surface area contributed by atoms with Crippen LogP contribution in [0.3, 0.4) is 0 Å². The zero-order valence-corrected chi connectivity index (χ0v) is 13.0. The van der Waals surface area contributed by atoms with Gasteiger partial charge in [-0.2, -0.15) is 0 Å². The van der Waals surface area contributed by atoms with Gasteiger partial charge in [-0.25, -0.2) is 0 Å². The van der Waals surface area contributed by atoms with Gasteiger partial charge in [0.25, 0.3) is 0 Å². The van der Waals surface area contributed by atoms with Crippen molar-refractivity contribution in [2.75, 3.05) is 6.54 Å². The number of carbonyl (C=O) groups is 1. The lowest BCUT2D eigenvalue weighted by molar-refractivity contribution is -0.147. The van der Waals surface area contributed by atoms with Gasteiger partial charge in [0.2, 0.25) is 0 Å². The highest BCUT2D eigenvalue weighted by Crippen LogP contribution is 2.15. The molecule has 0 saturated carbocycles. The van der Waals surface area contributed by atoms with E-state index in [1.807, 2.05) is 60.7 Å². The lowest BCUT2D eigenvalue weighted by Gasteiger charge is -2.12. The Bertz CT molecular complexity index is 615. The highest BCUT2D eigenvalue weighted by molar-refractivity contribution is 5.76. The highest BCUT2D eigenvalue weighted by Gasteiger charge is 2.31. The summed E-state index contributed by atoms with van der Waals surface area (Å²) >= 11 is 0. The Morgan fingerprint density at radius 1 is 0.957 bits per heavy atom. The first-order chi connectivity index (χ1) is 11.3. The van der Waals surface area contributed by atoms with E-state index in [0.717, 1.165) is 11.1 Å². The van der Waals surface area contributed by atoms with E-state index in [4.69, 9.17) is 9.47 Å². The number of benzene rings is 2. The van der Waals surface area contributed by atoms with Gasteiger partial charge in [0.1, 0.15) is 12.6 Å². The second-order valence-corrected chi connectivity index (χ2v) is 5.71. The maximum Gasteiger partial charge on any atom is 0.323 e. The van der Waals surface area contributed by atoms with Gasteiger partial charge in [-0.15, -0.1) is 0 Å². The minimum atomic E-state index is -0.278. The standard InChI is InChI=1S/C19H21NO3/c21-19(23-14-16-9-5-2-6-10-16)18-11-17(12-20-18)22-13-15-7-3-1-4-8-15/h1-10,17-18,20H,11-14H2/t17-,18-/m1/s1. The molecule has 120 valence electrons. The average molecular weight is 311 g/mol. The van der Waals surface area contributed by atoms with Crippen molar-refractivity contribution in [2.45, 2.75) is 31.8 Å². The molecule has 1 aliphatic rings. The number of rotatable bonds is 6. The van der Waals surface area contributed by atoms with Crippen molar-refractivity contribution < 1.29 is 14.3 Å². The smallest absolute Gasteiger partial charge is 0.323 e. The van der Waals surface area contributed by atoms with E-state index in [2.05, 4.69) is 5.32 Å². The van der Waals surface area contributed by atoms with Crippen LogP contribution in [-0.4, -0.2) is 24.7 Å². The van der Waals surface area contributed by atoms with E-state index in [1.54, 1.807) is 0 Å². The molecule has 2 aromatic carbocycles. The van der Waals surface area contributed by atoms with Gasteiger partial charge in [0, 0.05) is 13.0 Å². The maximum absolute atomic E-state index is 12.1. The molecule has 4 heteroatoms. The van der Waals surface area contributed by atoms with E-state index in [1.165, 1.54) is 0 Å². The summed E-state index contributed by atoms with van der Waals surface area (Å²) in [5, 5.41) is 3.18. The predicted molar refractivity (Wildman–Crippen MR) is 87.7 cm³/mol. The van der Waals surface area contributed by atoms with E-state index < -0.39 is 0 Å². The second kappa shape index (κ2) is 7.90. The summed E-state index contributed by atoms with van der Waals surface area (Å²) in [7, 11) is 0. The summed E-state index contributed by atoms with van der Waals surface area (Å²) in [5.41, 5.74) is 2.14. The zero-order valence-electron chi connectivity index (χ0n) is 13.0. The van der Waals surface area contributed by atoms with Gasteiger partial charge >= 0.3 is 5.97 Å². The third-order valence-corrected chi connectivity index (χ3v) is 3.93. The third-order valence-electron chi connectivity index (χ3n) is 3.93. The molecule has 0 unspecified atom stereocenters. The van der Waals surface area contributed by atoms with Crippen LogP contribution in [0.2, 0.25) is 0 Å². The van der Waals surface area contributed by atoms with Crippen LogP contribution < -0.4 is 5.32 Å². The van der Waals surface area contributed by atoms with Crippen LogP contribution in [0.4, 0.5) is 0 Å². The van der Waals surface area contributed by atoms with E-state index in [9.17, 15) is 4.79 Å². The minimum Gasteiger partial charge on any atom is -0.460 e. The largest absolute Gasteiger partial charge is 0.460 e. The Morgan fingerprint density at radius 2 is 1.57 bits per heavy atom. The molecule has 1 fully saturated rings. The summed E-state index contributed by atoms with van der Waals surface area (Å²) in [6.07, 6.45) is 0.699. The molecule has 2 aromatic rings. The van der Waals surface area contributed by atoms with Gasteiger partial charge in [-0.3, -0.25) is 4.79 Å². The topological polar surface area (TPSA) is 47.6 Å². The summed E-state index contributed by atoms with van der Waals surface area (Å²) in [6, 6.07) is 19.5. The van der Waals surface area contributed by atoms with Crippen molar-refractivity contribution in [3.05, 3.63) is 71.8 Å². The maximum atomic E-state index is 12.1. The van der Waals surface area contributed by atoms with E-state index in [-0.39, 0.29) is 18.1 Å². The first-order valence-corrected chi connectivity index (χ1v) is 7.91. The molecule has 1 aliphatic heterocycles. The number of carbonyl (C=O) groups excluding carboxylic acids is 1. The first kappa shape index (κ1) is 15.7. The van der Waals surface area contributed by atoms with Gasteiger partial charge in [0.15, 0.2) is 0 Å². The van der Waals surface area contributed by atoms with Crippen LogP contribution in [-0.2, 0) is 27.5 Å². The summed E-state index contributed by atoms with van der Waals surface area (Å²) in [6.45, 7) is 1.56. The number of hydrogen-bond acceptors (Lipinski definition) is 4. The van der Waals surface area contributed by atoms with Crippen LogP contribution >= 0.6 is 0 Å². The molecular weight excluding hydrogens is 290 g/mol. The third kappa shape index (κ3) is 4.65. The molecule has 0 radical (unpaired) electrons. The summed E-state index contributed by atoms with van der Waals surface area (Å²) in [4.78, 5) is 12.1. The van der Waals surface area contributed by atoms with Crippen molar-refractivity contribution in [3.63, 3.8) is 0 Å². The Hall–Kier alpha value is -2.17. The molecule has 1 saturated heterocycles. The van der Waals surface area contributed by atoms with Crippen molar-refractivity contribution in [2.24, 2.45) is 0 Å². The van der Waals surface area contributed by atoms with Crippen molar-refractivity contribution >= 4 is 5.97 Å². The van der Waals surface area contributed by atoms with E-state index >= 15 is 0 Å². The lowest BCUT2D eigenvalue weighted by Crippen LogP contribution is -2.32. The normalized spacial score (nSPS) is 20.3. The summed E-state index contributed by atoms with van der Waals surface area (Å²) < 4.78 is 11.2. The molecule has 1 heterocycles. The van der Waals surface area contributed by atoms with Crippen LogP contribution in [0.1, 0.15) is 17.5 Å². The monoisotopic (exact) mass is 311 g/mol. The molecule has 0 amide bonds. The fourth-order valence-electron chi connectivity index (χ4n) is 2.63. The Kier molecular flexibility index (Phi) is 5.40. The van der Waals surface area contributed by atoms with Gasteiger partial charge in [-0.1, -0.05) is 60.7 Å². The van der Waals surface area contributed by atoms with Gasteiger partial charge in [-0.05, 0) is 11.1 Å². The molecule has 0 aromatic heterocycles. The van der Waals surface area contributed by atoms with Crippen molar-refractivity contribution in [3.8, 4) is 0 Å². The molecule has 0 bridgehead atoms. The number of nitrogens with one attached hydrogen (secondary N) is 1. The van der Waals surface area contributed by atoms with E-state index in [0.29, 0.717) is 26.2 Å². The molecule has 0 spiro atoms. The molecule has 1 N–H and O–H groups in total. The minimum absolute atomic E-state index is 0.0458. The fourth-order valence-corrected chi connectivity index (χ4v) is 2.63. The number of ether oxygens (including phenoxy) is 2. The first-order valence-electron chi connectivity index (χ1n) is 7.91. The molecule has 3 rings (SSSR count). The molecule has 4 nitrogen and oxygen atoms in total. The van der Waals surface area contributed by atoms with Gasteiger partial charge in [0.05, 0.1) is 12.7 Å². The molecule has 23 heavy (non-hydrogen) atoms. The number of hydrogen-bond donors (Lipinski definition) is 1. The van der Waals surface area contributed by atoms with Crippen LogP contribution in [0.5, 0.6) is 0 Å². The Morgan fingerprint density at radius 3 is 2.22 bits per heavy atom. The highest BCUT2D eigenvalue weighted by atomic mass is 16.5. The Balaban J connectivity index is 1.41. The Labute approximate surface area is 136 Å². The van der Waals surface area contributed by atoms with Crippen LogP contribution in [0, 0.1) is 0 Å². The molecule has 0 aliphatic carbocycles. The fraction of sp³-hybridized carbons (Fsp3) is 0.316. The average Bonchev–Trinajstić information content (AvgIpc) is 3.09. The SMILES string of the molecule is O=C(OCc1ccccc1)[C@H]1C[C@@H](OCc2ccccc2)CN1. The zero-order chi connectivity index (χ0) is 15.9. The molecule has 2 atom stereocenters. The lowest BCUT2D eigenvalue weighted by atomic mass is 10.2. The predicted octanol–water partition coefficient (Wildman–Crippen LogP) is 2.68. The van der Waals surface area contributed by atoms with Crippen molar-refractivity contribution in [1.82, 2.24) is 5.32 Å². The second-order valence-electron chi connectivity index (χ2n) is 5.71.